The van der Waals surface area contributed by atoms with Gasteiger partial charge < -0.3 is 4.84 Å². The van der Waals surface area contributed by atoms with Crippen molar-refractivity contribution in [3.05, 3.63) is 35.4 Å². The van der Waals surface area contributed by atoms with Crippen LogP contribution in [0.4, 0.5) is 8.78 Å². The number of rotatable bonds is 3. The minimum atomic E-state index is -0.843. The zero-order chi connectivity index (χ0) is 8.97. The first-order valence-electron chi connectivity index (χ1n) is 3.50. The van der Waals surface area contributed by atoms with Crippen LogP contribution in [-0.4, -0.2) is 6.61 Å². The predicted molar refractivity (Wildman–Crippen MR) is 40.2 cm³/mol. The van der Waals surface area contributed by atoms with Crippen LogP contribution >= 0.6 is 0 Å². The molecule has 0 fully saturated rings. The number of nitrogens with two attached hydrogens (primary N) is 1. The molecule has 0 aromatic heterocycles. The minimum absolute atomic E-state index is 0.181. The quantitative estimate of drug-likeness (QED) is 0.701. The molecule has 1 aromatic carbocycles. The van der Waals surface area contributed by atoms with Gasteiger partial charge in [0.05, 0.1) is 6.61 Å². The molecule has 0 aliphatic rings. The van der Waals surface area contributed by atoms with E-state index in [4.69, 9.17) is 5.90 Å². The molecule has 0 unspecified atom stereocenters. The van der Waals surface area contributed by atoms with Gasteiger partial charge in [-0.25, -0.2) is 14.7 Å². The van der Waals surface area contributed by atoms with Crippen molar-refractivity contribution in [2.45, 2.75) is 6.42 Å². The van der Waals surface area contributed by atoms with Crippen LogP contribution in [0.25, 0.3) is 0 Å². The molecule has 0 aliphatic heterocycles. The van der Waals surface area contributed by atoms with Gasteiger partial charge >= 0.3 is 0 Å². The van der Waals surface area contributed by atoms with Gasteiger partial charge in [0.1, 0.15) is 0 Å². The first-order valence-corrected chi connectivity index (χ1v) is 3.50. The number of hydrogen-bond acceptors (Lipinski definition) is 2. The molecule has 0 aliphatic carbocycles. The minimum Gasteiger partial charge on any atom is -0.304 e. The van der Waals surface area contributed by atoms with Gasteiger partial charge in [-0.05, 0) is 11.6 Å². The van der Waals surface area contributed by atoms with Crippen LogP contribution in [0, 0.1) is 11.6 Å². The molecule has 12 heavy (non-hydrogen) atoms. The summed E-state index contributed by atoms with van der Waals surface area (Å²) in [7, 11) is 0. The van der Waals surface area contributed by atoms with E-state index in [0.29, 0.717) is 0 Å². The molecular weight excluding hydrogens is 164 g/mol. The number of hydrogen-bond donors (Lipinski definition) is 1. The average molecular weight is 173 g/mol. The maximum Gasteiger partial charge on any atom is 0.162 e. The second kappa shape index (κ2) is 4.13. The van der Waals surface area contributed by atoms with E-state index in [-0.39, 0.29) is 18.6 Å². The molecule has 0 saturated carbocycles. The third-order valence-corrected chi connectivity index (χ3v) is 1.52. The molecule has 1 rings (SSSR count). The topological polar surface area (TPSA) is 35.2 Å². The van der Waals surface area contributed by atoms with E-state index in [1.165, 1.54) is 12.1 Å². The molecule has 0 bridgehead atoms. The Morgan fingerprint density at radius 2 is 2.08 bits per heavy atom. The summed E-state index contributed by atoms with van der Waals surface area (Å²) in [6.45, 7) is 0.181. The van der Waals surface area contributed by atoms with Crippen molar-refractivity contribution in [1.82, 2.24) is 0 Å². The van der Waals surface area contributed by atoms with Crippen molar-refractivity contribution < 1.29 is 13.6 Å². The van der Waals surface area contributed by atoms with Crippen molar-refractivity contribution in [3.63, 3.8) is 0 Å². The van der Waals surface area contributed by atoms with E-state index in [2.05, 4.69) is 4.84 Å². The Kier molecular flexibility index (Phi) is 3.13. The molecule has 0 heterocycles. The van der Waals surface area contributed by atoms with Gasteiger partial charge in [0, 0.05) is 6.42 Å². The van der Waals surface area contributed by atoms with Crippen LogP contribution < -0.4 is 5.90 Å². The standard InChI is InChI=1S/C8H9F2NO/c9-7-3-1-2-6(8(7)10)4-5-12-11/h1-3H,4-5,11H2. The van der Waals surface area contributed by atoms with Crippen molar-refractivity contribution in [2.75, 3.05) is 6.61 Å². The average Bonchev–Trinajstić information content (AvgIpc) is 2.08. The first-order chi connectivity index (χ1) is 5.75. The lowest BCUT2D eigenvalue weighted by Crippen LogP contribution is -2.05. The van der Waals surface area contributed by atoms with Gasteiger partial charge in [0.25, 0.3) is 0 Å². The van der Waals surface area contributed by atoms with E-state index in [0.717, 1.165) is 6.07 Å². The molecule has 2 N–H and O–H groups in total. The molecular formula is C8H9F2NO. The largest absolute Gasteiger partial charge is 0.304 e. The summed E-state index contributed by atoms with van der Waals surface area (Å²) in [6.07, 6.45) is 0.278. The van der Waals surface area contributed by atoms with Gasteiger partial charge in [-0.3, -0.25) is 0 Å². The van der Waals surface area contributed by atoms with Crippen molar-refractivity contribution in [2.24, 2.45) is 5.90 Å². The summed E-state index contributed by atoms with van der Waals surface area (Å²) >= 11 is 0. The van der Waals surface area contributed by atoms with E-state index >= 15 is 0 Å². The van der Waals surface area contributed by atoms with Gasteiger partial charge in [0.2, 0.25) is 0 Å². The molecule has 1 aromatic rings. The van der Waals surface area contributed by atoms with E-state index in [9.17, 15) is 8.78 Å². The molecule has 0 atom stereocenters. The zero-order valence-electron chi connectivity index (χ0n) is 6.39. The molecule has 2 nitrogen and oxygen atoms in total. The summed E-state index contributed by atoms with van der Waals surface area (Å²) in [5.41, 5.74) is 0.278. The fourth-order valence-corrected chi connectivity index (χ4v) is 0.910. The first kappa shape index (κ1) is 9.09. The number of halogens is 2. The number of benzene rings is 1. The van der Waals surface area contributed by atoms with Crippen LogP contribution in [0.1, 0.15) is 5.56 Å². The summed E-state index contributed by atoms with van der Waals surface area (Å²) in [5, 5.41) is 0. The van der Waals surface area contributed by atoms with E-state index < -0.39 is 11.6 Å². The third kappa shape index (κ3) is 1.99. The van der Waals surface area contributed by atoms with Crippen molar-refractivity contribution in [1.29, 1.82) is 0 Å². The fourth-order valence-electron chi connectivity index (χ4n) is 0.910. The Balaban J connectivity index is 2.78. The van der Waals surface area contributed by atoms with Crippen molar-refractivity contribution >= 4 is 0 Å². The van der Waals surface area contributed by atoms with E-state index in [1.807, 2.05) is 0 Å². The van der Waals surface area contributed by atoms with Crippen LogP contribution in [0.3, 0.4) is 0 Å². The molecule has 0 amide bonds. The van der Waals surface area contributed by atoms with Crippen LogP contribution in [-0.2, 0) is 11.3 Å². The molecule has 66 valence electrons. The van der Waals surface area contributed by atoms with Gasteiger partial charge in [-0.15, -0.1) is 0 Å². The lowest BCUT2D eigenvalue weighted by molar-refractivity contribution is 0.140. The molecule has 0 saturated heterocycles. The normalized spacial score (nSPS) is 10.2. The highest BCUT2D eigenvalue weighted by molar-refractivity contribution is 5.18. The predicted octanol–water partition coefficient (Wildman–Crippen LogP) is 1.40. The third-order valence-electron chi connectivity index (χ3n) is 1.52. The lowest BCUT2D eigenvalue weighted by atomic mass is 10.1. The molecule has 0 radical (unpaired) electrons. The highest BCUT2D eigenvalue weighted by Crippen LogP contribution is 2.11. The second-order valence-electron chi connectivity index (χ2n) is 2.33. The summed E-state index contributed by atoms with van der Waals surface area (Å²) in [4.78, 5) is 4.25. The van der Waals surface area contributed by atoms with Crippen LogP contribution in [0.5, 0.6) is 0 Å². The Morgan fingerprint density at radius 3 is 2.75 bits per heavy atom. The molecule has 0 spiro atoms. The van der Waals surface area contributed by atoms with Crippen LogP contribution in [0.15, 0.2) is 18.2 Å². The SMILES string of the molecule is NOCCc1cccc(F)c1F. The van der Waals surface area contributed by atoms with Gasteiger partial charge in [-0.2, -0.15) is 0 Å². The summed E-state index contributed by atoms with van der Waals surface area (Å²) < 4.78 is 25.4. The Hall–Kier alpha value is -1.00. The monoisotopic (exact) mass is 173 g/mol. The summed E-state index contributed by atoms with van der Waals surface area (Å²) in [6, 6.07) is 4.02. The molecule has 4 heteroatoms. The van der Waals surface area contributed by atoms with E-state index in [1.54, 1.807) is 0 Å². The fraction of sp³-hybridized carbons (Fsp3) is 0.250. The Labute approximate surface area is 68.9 Å². The zero-order valence-corrected chi connectivity index (χ0v) is 6.39. The maximum absolute atomic E-state index is 12.9. The van der Waals surface area contributed by atoms with Gasteiger partial charge in [0.15, 0.2) is 11.6 Å². The summed E-state index contributed by atoms with van der Waals surface area (Å²) in [5.74, 6) is 3.08. The van der Waals surface area contributed by atoms with Crippen LogP contribution in [0.2, 0.25) is 0 Å². The second-order valence-corrected chi connectivity index (χ2v) is 2.33. The van der Waals surface area contributed by atoms with Crippen molar-refractivity contribution in [3.8, 4) is 0 Å². The lowest BCUT2D eigenvalue weighted by Gasteiger charge is -2.01. The Morgan fingerprint density at radius 1 is 1.33 bits per heavy atom. The smallest absolute Gasteiger partial charge is 0.162 e. The highest BCUT2D eigenvalue weighted by Gasteiger charge is 2.06. The highest BCUT2D eigenvalue weighted by atomic mass is 19.2. The maximum atomic E-state index is 12.9. The van der Waals surface area contributed by atoms with Gasteiger partial charge in [-0.1, -0.05) is 12.1 Å². The Bertz CT molecular complexity index is 265.